The zero-order chi connectivity index (χ0) is 19.1. The number of amides is 2. The second kappa shape index (κ2) is 8.24. The Hall–Kier alpha value is -3.95. The van der Waals surface area contributed by atoms with Gasteiger partial charge in [-0.2, -0.15) is 0 Å². The highest BCUT2D eigenvalue weighted by Crippen LogP contribution is 2.14. The van der Waals surface area contributed by atoms with Crippen LogP contribution in [0.5, 0.6) is 0 Å². The number of nitro groups is 1. The number of carboxylic acids is 1. The molecule has 3 N–H and O–H groups in total. The van der Waals surface area contributed by atoms with Crippen LogP contribution in [0.15, 0.2) is 52.8 Å². The average molecular weight is 359 g/mol. The molecule has 2 aromatic rings. The van der Waals surface area contributed by atoms with Gasteiger partial charge in [0, 0.05) is 12.1 Å². The smallest absolute Gasteiger partial charge is 0.322 e. The van der Waals surface area contributed by atoms with Gasteiger partial charge in [-0.25, -0.2) is 0 Å². The van der Waals surface area contributed by atoms with E-state index in [4.69, 9.17) is 9.52 Å². The standard InChI is InChI=1S/C16H13N3O7/c20-14(21)9-17-15(22)12(18-16(23)13-2-1-7-26-13)8-10-3-5-11(6-4-10)19(24)25/h1-8H,9H2,(H,17,22)(H,18,23)(H,20,21)/b12-8+. The van der Waals surface area contributed by atoms with E-state index < -0.39 is 29.3 Å². The monoisotopic (exact) mass is 359 g/mol. The van der Waals surface area contributed by atoms with Gasteiger partial charge in [-0.05, 0) is 35.9 Å². The molecule has 0 saturated heterocycles. The Morgan fingerprint density at radius 2 is 1.88 bits per heavy atom. The third-order valence-electron chi connectivity index (χ3n) is 3.05. The van der Waals surface area contributed by atoms with E-state index in [1.807, 2.05) is 0 Å². The number of carbonyl (C=O) groups excluding carboxylic acids is 2. The van der Waals surface area contributed by atoms with Crippen LogP contribution in [0.25, 0.3) is 6.08 Å². The summed E-state index contributed by atoms with van der Waals surface area (Å²) >= 11 is 0. The number of benzene rings is 1. The number of hydrogen-bond acceptors (Lipinski definition) is 6. The van der Waals surface area contributed by atoms with E-state index in [2.05, 4.69) is 10.6 Å². The molecule has 26 heavy (non-hydrogen) atoms. The van der Waals surface area contributed by atoms with Gasteiger partial charge in [0.2, 0.25) is 0 Å². The first-order chi connectivity index (χ1) is 12.4. The van der Waals surface area contributed by atoms with Gasteiger partial charge in [0.15, 0.2) is 5.76 Å². The van der Waals surface area contributed by atoms with Crippen LogP contribution in [0.3, 0.4) is 0 Å². The van der Waals surface area contributed by atoms with E-state index in [1.165, 1.54) is 48.7 Å². The summed E-state index contributed by atoms with van der Waals surface area (Å²) in [6.07, 6.45) is 2.53. The fourth-order valence-corrected chi connectivity index (χ4v) is 1.86. The van der Waals surface area contributed by atoms with Crippen LogP contribution in [0.2, 0.25) is 0 Å². The van der Waals surface area contributed by atoms with Gasteiger partial charge >= 0.3 is 5.97 Å². The molecule has 1 heterocycles. The molecule has 2 rings (SSSR count). The lowest BCUT2D eigenvalue weighted by Gasteiger charge is -2.09. The molecule has 0 bridgehead atoms. The third-order valence-corrected chi connectivity index (χ3v) is 3.05. The zero-order valence-electron chi connectivity index (χ0n) is 13.2. The van der Waals surface area contributed by atoms with Crippen LogP contribution in [0.1, 0.15) is 16.1 Å². The highest BCUT2D eigenvalue weighted by molar-refractivity contribution is 6.05. The van der Waals surface area contributed by atoms with Crippen LogP contribution in [0, 0.1) is 10.1 Å². The van der Waals surface area contributed by atoms with Gasteiger partial charge in [0.1, 0.15) is 12.2 Å². The minimum atomic E-state index is -1.26. The topological polar surface area (TPSA) is 152 Å². The molecule has 10 heteroatoms. The molecule has 0 saturated carbocycles. The van der Waals surface area contributed by atoms with Crippen molar-refractivity contribution in [1.29, 1.82) is 0 Å². The van der Waals surface area contributed by atoms with E-state index in [1.54, 1.807) is 0 Å². The van der Waals surface area contributed by atoms with Crippen LogP contribution < -0.4 is 10.6 Å². The summed E-state index contributed by atoms with van der Waals surface area (Å²) in [5.74, 6) is -2.87. The summed E-state index contributed by atoms with van der Waals surface area (Å²) in [6, 6.07) is 8.08. The Morgan fingerprint density at radius 3 is 2.42 bits per heavy atom. The predicted octanol–water partition coefficient (Wildman–Crippen LogP) is 1.16. The van der Waals surface area contributed by atoms with Gasteiger partial charge in [-0.15, -0.1) is 0 Å². The molecule has 0 spiro atoms. The van der Waals surface area contributed by atoms with Crippen LogP contribution in [-0.2, 0) is 9.59 Å². The summed E-state index contributed by atoms with van der Waals surface area (Å²) in [5, 5.41) is 23.8. The number of carboxylic acid groups (broad SMARTS) is 1. The van der Waals surface area contributed by atoms with Crippen molar-refractivity contribution in [2.75, 3.05) is 6.54 Å². The molecule has 0 atom stereocenters. The van der Waals surface area contributed by atoms with Crippen molar-refractivity contribution in [1.82, 2.24) is 10.6 Å². The normalized spacial score (nSPS) is 10.8. The van der Waals surface area contributed by atoms with Crippen molar-refractivity contribution in [2.24, 2.45) is 0 Å². The molecular formula is C16H13N3O7. The number of rotatable bonds is 7. The lowest BCUT2D eigenvalue weighted by Crippen LogP contribution is -2.37. The van der Waals surface area contributed by atoms with Gasteiger partial charge < -0.3 is 20.2 Å². The maximum absolute atomic E-state index is 12.1. The van der Waals surface area contributed by atoms with Crippen LogP contribution in [-0.4, -0.2) is 34.4 Å². The summed E-state index contributed by atoms with van der Waals surface area (Å²) < 4.78 is 4.93. The summed E-state index contributed by atoms with van der Waals surface area (Å²) in [6.45, 7) is -0.646. The van der Waals surface area contributed by atoms with E-state index in [-0.39, 0.29) is 17.1 Å². The molecule has 0 unspecified atom stereocenters. The Labute approximate surface area is 146 Å². The van der Waals surface area contributed by atoms with Crippen molar-refractivity contribution in [3.8, 4) is 0 Å². The Kier molecular flexibility index (Phi) is 5.83. The molecule has 0 aliphatic carbocycles. The molecule has 0 aliphatic heterocycles. The number of nitro benzene ring substituents is 1. The minimum Gasteiger partial charge on any atom is -0.480 e. The molecule has 1 aromatic heterocycles. The fourth-order valence-electron chi connectivity index (χ4n) is 1.86. The molecule has 134 valence electrons. The first-order valence-corrected chi connectivity index (χ1v) is 7.18. The maximum atomic E-state index is 12.1. The maximum Gasteiger partial charge on any atom is 0.322 e. The zero-order valence-corrected chi connectivity index (χ0v) is 13.2. The first kappa shape index (κ1) is 18.4. The van der Waals surface area contributed by atoms with E-state index in [0.29, 0.717) is 5.56 Å². The predicted molar refractivity (Wildman–Crippen MR) is 87.9 cm³/mol. The largest absolute Gasteiger partial charge is 0.480 e. The Bertz CT molecular complexity index is 854. The fraction of sp³-hybridized carbons (Fsp3) is 0.0625. The number of hydrogen-bond donors (Lipinski definition) is 3. The quantitative estimate of drug-likeness (QED) is 0.381. The number of carbonyl (C=O) groups is 3. The summed E-state index contributed by atoms with van der Waals surface area (Å²) in [7, 11) is 0. The number of nitrogens with zero attached hydrogens (tertiary/aromatic N) is 1. The van der Waals surface area contributed by atoms with Gasteiger partial charge in [-0.1, -0.05) is 0 Å². The second-order valence-electron chi connectivity index (χ2n) is 4.91. The van der Waals surface area contributed by atoms with Crippen molar-refractivity contribution >= 4 is 29.5 Å². The lowest BCUT2D eigenvalue weighted by molar-refractivity contribution is -0.384. The molecular weight excluding hydrogens is 346 g/mol. The third kappa shape index (κ3) is 5.03. The Balaban J connectivity index is 2.26. The number of furan rings is 1. The highest BCUT2D eigenvalue weighted by Gasteiger charge is 2.17. The lowest BCUT2D eigenvalue weighted by atomic mass is 10.1. The van der Waals surface area contributed by atoms with E-state index in [0.717, 1.165) is 0 Å². The van der Waals surface area contributed by atoms with Crippen molar-refractivity contribution in [3.63, 3.8) is 0 Å². The summed E-state index contributed by atoms with van der Waals surface area (Å²) in [4.78, 5) is 44.9. The van der Waals surface area contributed by atoms with Gasteiger partial charge in [-0.3, -0.25) is 24.5 Å². The highest BCUT2D eigenvalue weighted by atomic mass is 16.6. The molecule has 0 aliphatic rings. The molecule has 0 radical (unpaired) electrons. The van der Waals surface area contributed by atoms with Crippen LogP contribution >= 0.6 is 0 Å². The Morgan fingerprint density at radius 1 is 1.19 bits per heavy atom. The number of nitrogens with one attached hydrogen (secondary N) is 2. The van der Waals surface area contributed by atoms with Gasteiger partial charge in [0.05, 0.1) is 11.2 Å². The molecule has 10 nitrogen and oxygen atoms in total. The second-order valence-corrected chi connectivity index (χ2v) is 4.91. The summed E-state index contributed by atoms with van der Waals surface area (Å²) in [5.41, 5.74) is -0.00373. The van der Waals surface area contributed by atoms with Crippen LogP contribution in [0.4, 0.5) is 5.69 Å². The SMILES string of the molecule is O=C(O)CNC(=O)/C(=C\c1ccc([N+](=O)[O-])cc1)NC(=O)c1ccco1. The van der Waals surface area contributed by atoms with Crippen molar-refractivity contribution < 1.29 is 28.8 Å². The van der Waals surface area contributed by atoms with Crippen molar-refractivity contribution in [2.45, 2.75) is 0 Å². The van der Waals surface area contributed by atoms with Gasteiger partial charge in [0.25, 0.3) is 17.5 Å². The van der Waals surface area contributed by atoms with E-state index in [9.17, 15) is 24.5 Å². The first-order valence-electron chi connectivity index (χ1n) is 7.18. The average Bonchev–Trinajstić information content (AvgIpc) is 3.14. The minimum absolute atomic E-state index is 0.0503. The number of non-ortho nitro benzene ring substituents is 1. The van der Waals surface area contributed by atoms with E-state index >= 15 is 0 Å². The molecule has 0 fully saturated rings. The van der Waals surface area contributed by atoms with Crippen molar-refractivity contribution in [3.05, 3.63) is 69.8 Å². The molecule has 2 amide bonds. The number of aliphatic carboxylic acids is 1. The molecule has 1 aromatic carbocycles.